The lowest BCUT2D eigenvalue weighted by Crippen LogP contribution is -2.34. The quantitative estimate of drug-likeness (QED) is 0.0232. The highest BCUT2D eigenvalue weighted by atomic mass is 31.2. The number of carbonyl (C=O) groups is 2. The van der Waals surface area contributed by atoms with Gasteiger partial charge in [0.1, 0.15) is 12.1 Å². The molecule has 10 nitrogen and oxygen atoms in total. The zero-order chi connectivity index (χ0) is 49.0. The number of hydrogen-bond acceptors (Lipinski definition) is 8. The van der Waals surface area contributed by atoms with E-state index in [4.69, 9.17) is 29.4 Å². The predicted molar refractivity (Wildman–Crippen MR) is 281 cm³/mol. The number of phosphoric acid groups is 1. The number of carboxylic acids is 1. The fourth-order valence-electron chi connectivity index (χ4n) is 7.07. The Hall–Kier alpha value is -2.85. The second-order valence-corrected chi connectivity index (χ2v) is 19.1. The van der Waals surface area contributed by atoms with Gasteiger partial charge >= 0.3 is 19.8 Å². The molecular formula is C56H98NO9P. The molecule has 0 aliphatic rings. The lowest BCUT2D eigenvalue weighted by molar-refractivity contribution is -0.154. The van der Waals surface area contributed by atoms with E-state index in [1.54, 1.807) is 0 Å². The van der Waals surface area contributed by atoms with Crippen molar-refractivity contribution in [2.45, 2.75) is 231 Å². The largest absolute Gasteiger partial charge is 0.480 e. The second kappa shape index (κ2) is 51.0. The van der Waals surface area contributed by atoms with Crippen LogP contribution in [0.25, 0.3) is 0 Å². The maximum Gasteiger partial charge on any atom is 0.472 e. The Labute approximate surface area is 409 Å². The smallest absolute Gasteiger partial charge is 0.472 e. The summed E-state index contributed by atoms with van der Waals surface area (Å²) >= 11 is 0. The summed E-state index contributed by atoms with van der Waals surface area (Å²) < 4.78 is 33.5. The number of hydrogen-bond donors (Lipinski definition) is 3. The molecule has 0 aromatic heterocycles. The van der Waals surface area contributed by atoms with Crippen LogP contribution in [0.1, 0.15) is 219 Å². The first-order chi connectivity index (χ1) is 32.7. The summed E-state index contributed by atoms with van der Waals surface area (Å²) in [4.78, 5) is 33.7. The molecule has 0 bridgehead atoms. The summed E-state index contributed by atoms with van der Waals surface area (Å²) in [6.45, 7) is 3.70. The Bertz CT molecular complexity index is 1390. The molecule has 3 unspecified atom stereocenters. The molecular weight excluding hydrogens is 862 g/mol. The number of ether oxygens (including phenoxy) is 2. The lowest BCUT2D eigenvalue weighted by atomic mass is 10.0. The molecule has 0 heterocycles. The van der Waals surface area contributed by atoms with Gasteiger partial charge in [-0.25, -0.2) is 4.57 Å². The molecule has 0 amide bonds. The van der Waals surface area contributed by atoms with E-state index < -0.39 is 45.1 Å². The Balaban J connectivity index is 4.20. The van der Waals surface area contributed by atoms with Crippen molar-refractivity contribution in [3.05, 3.63) is 85.1 Å². The van der Waals surface area contributed by atoms with E-state index in [1.165, 1.54) is 109 Å². The van der Waals surface area contributed by atoms with Gasteiger partial charge in [0.2, 0.25) is 0 Å². The maximum absolute atomic E-state index is 12.7. The Morgan fingerprint density at radius 1 is 0.493 bits per heavy atom. The SMILES string of the molecule is CC/C=C\C/C=C\C/C=C\C/C=C\C/C=C\C/C=C\CCCCCOCC(COP(=O)(O)OCC(N)C(=O)O)OC(=O)CCCCCCCCCCCCC/C=C\CCCCCCCCCC. The fourth-order valence-corrected chi connectivity index (χ4v) is 7.85. The van der Waals surface area contributed by atoms with Gasteiger partial charge in [-0.3, -0.25) is 18.6 Å². The second-order valence-electron chi connectivity index (χ2n) is 17.6. The number of unbranched alkanes of at least 4 members (excludes halogenated alkanes) is 22. The van der Waals surface area contributed by atoms with Crippen LogP contribution in [-0.2, 0) is 32.7 Å². The number of esters is 1. The van der Waals surface area contributed by atoms with E-state index in [-0.39, 0.29) is 13.0 Å². The van der Waals surface area contributed by atoms with Gasteiger partial charge in [0.15, 0.2) is 0 Å². The number of aliphatic carboxylic acids is 1. The van der Waals surface area contributed by atoms with E-state index in [1.807, 2.05) is 0 Å². The number of carbonyl (C=O) groups excluding carboxylic acids is 1. The summed E-state index contributed by atoms with van der Waals surface area (Å²) in [7, 11) is -4.64. The van der Waals surface area contributed by atoms with Gasteiger partial charge < -0.3 is 25.2 Å². The van der Waals surface area contributed by atoms with Crippen LogP contribution in [0.3, 0.4) is 0 Å². The Kier molecular flexibility index (Phi) is 48.8. The molecule has 0 saturated carbocycles. The van der Waals surface area contributed by atoms with Crippen LogP contribution >= 0.6 is 7.82 Å². The molecule has 67 heavy (non-hydrogen) atoms. The van der Waals surface area contributed by atoms with Crippen LogP contribution in [0.5, 0.6) is 0 Å². The number of rotatable bonds is 50. The van der Waals surface area contributed by atoms with Gasteiger partial charge in [-0.05, 0) is 89.9 Å². The minimum absolute atomic E-state index is 0.00994. The Morgan fingerprint density at radius 2 is 0.866 bits per heavy atom. The van der Waals surface area contributed by atoms with Gasteiger partial charge in [-0.15, -0.1) is 0 Å². The molecule has 0 rings (SSSR count). The number of allylic oxidation sites excluding steroid dienone is 14. The summed E-state index contributed by atoms with van der Waals surface area (Å²) in [6.07, 6.45) is 66.5. The van der Waals surface area contributed by atoms with Crippen molar-refractivity contribution >= 4 is 19.8 Å². The standard InChI is InChI=1S/C56H98NO9P/c1-3-5-7-9-11-13-15-17-19-21-23-25-27-28-30-32-34-36-38-40-42-44-46-48-55(58)66-53(51-64-67(61,62)65-52-54(57)56(59)60)50-63-49-47-45-43-41-39-37-35-33-31-29-26-24-22-20-18-16-14-12-10-8-6-4-2/h6,8,12,14,18,20-21,23-24,26,31,33,37,39,53-54H,3-5,7,9-11,13,15-17,19,22,25,27-30,32,34-36,38,40-52,57H2,1-2H3,(H,59,60)(H,61,62)/b8-6-,14-12-,20-18-,23-21-,26-24-,33-31-,39-37-. The zero-order valence-electron chi connectivity index (χ0n) is 42.5. The molecule has 386 valence electrons. The average Bonchev–Trinajstić information content (AvgIpc) is 3.31. The van der Waals surface area contributed by atoms with Gasteiger partial charge in [0, 0.05) is 13.0 Å². The summed E-state index contributed by atoms with van der Waals surface area (Å²) in [5.74, 6) is -1.80. The summed E-state index contributed by atoms with van der Waals surface area (Å²) in [6, 6.07) is -1.48. The van der Waals surface area contributed by atoms with Gasteiger partial charge in [-0.1, -0.05) is 208 Å². The molecule has 0 aliphatic carbocycles. The van der Waals surface area contributed by atoms with Crippen LogP contribution in [0.2, 0.25) is 0 Å². The zero-order valence-corrected chi connectivity index (χ0v) is 43.4. The van der Waals surface area contributed by atoms with Crippen LogP contribution in [0.4, 0.5) is 0 Å². The molecule has 0 saturated heterocycles. The van der Waals surface area contributed by atoms with Crippen molar-refractivity contribution in [1.29, 1.82) is 0 Å². The molecule has 3 atom stereocenters. The third-order valence-corrected chi connectivity index (χ3v) is 12.1. The molecule has 0 fully saturated rings. The number of nitrogens with two attached hydrogens (primary N) is 1. The van der Waals surface area contributed by atoms with E-state index in [2.05, 4.69) is 98.9 Å². The molecule has 0 aromatic carbocycles. The fraction of sp³-hybridized carbons (Fsp3) is 0.714. The third-order valence-electron chi connectivity index (χ3n) is 11.2. The topological polar surface area (TPSA) is 155 Å². The van der Waals surface area contributed by atoms with Crippen LogP contribution < -0.4 is 5.73 Å². The van der Waals surface area contributed by atoms with Gasteiger partial charge in [-0.2, -0.15) is 0 Å². The van der Waals surface area contributed by atoms with Crippen molar-refractivity contribution in [2.24, 2.45) is 5.73 Å². The van der Waals surface area contributed by atoms with Crippen LogP contribution in [0, 0.1) is 0 Å². The number of carboxylic acid groups (broad SMARTS) is 1. The van der Waals surface area contributed by atoms with Crippen molar-refractivity contribution in [1.82, 2.24) is 0 Å². The van der Waals surface area contributed by atoms with Crippen LogP contribution in [-0.4, -0.2) is 60.5 Å². The summed E-state index contributed by atoms with van der Waals surface area (Å²) in [5, 5.41) is 8.94. The monoisotopic (exact) mass is 960 g/mol. The minimum Gasteiger partial charge on any atom is -0.480 e. The highest BCUT2D eigenvalue weighted by molar-refractivity contribution is 7.47. The number of phosphoric ester groups is 1. The van der Waals surface area contributed by atoms with Crippen molar-refractivity contribution in [2.75, 3.05) is 26.4 Å². The van der Waals surface area contributed by atoms with Crippen molar-refractivity contribution in [3.8, 4) is 0 Å². The first kappa shape index (κ1) is 64.2. The average molecular weight is 960 g/mol. The molecule has 4 N–H and O–H groups in total. The molecule has 11 heteroatoms. The third kappa shape index (κ3) is 50.8. The highest BCUT2D eigenvalue weighted by Crippen LogP contribution is 2.43. The van der Waals surface area contributed by atoms with Crippen LogP contribution in [0.15, 0.2) is 85.1 Å². The first-order valence-corrected chi connectivity index (χ1v) is 28.1. The normalized spacial score (nSPS) is 14.3. The minimum atomic E-state index is -4.64. The van der Waals surface area contributed by atoms with E-state index >= 15 is 0 Å². The Morgan fingerprint density at radius 3 is 1.31 bits per heavy atom. The van der Waals surface area contributed by atoms with E-state index in [0.29, 0.717) is 13.0 Å². The molecule has 0 spiro atoms. The lowest BCUT2D eigenvalue weighted by Gasteiger charge is -2.20. The molecule has 0 aliphatic heterocycles. The van der Waals surface area contributed by atoms with Gasteiger partial charge in [0.05, 0.1) is 19.8 Å². The van der Waals surface area contributed by atoms with Crippen molar-refractivity contribution in [3.63, 3.8) is 0 Å². The molecule has 0 radical (unpaired) electrons. The predicted octanol–water partition coefficient (Wildman–Crippen LogP) is 15.9. The van der Waals surface area contributed by atoms with Crippen molar-refractivity contribution < 1.29 is 42.7 Å². The van der Waals surface area contributed by atoms with E-state index in [9.17, 15) is 19.0 Å². The van der Waals surface area contributed by atoms with E-state index in [0.717, 1.165) is 83.5 Å². The first-order valence-electron chi connectivity index (χ1n) is 26.6. The molecule has 0 aromatic rings. The highest BCUT2D eigenvalue weighted by Gasteiger charge is 2.27. The van der Waals surface area contributed by atoms with Gasteiger partial charge in [0.25, 0.3) is 0 Å². The summed E-state index contributed by atoms with van der Waals surface area (Å²) in [5.41, 5.74) is 5.38. The maximum atomic E-state index is 12.7.